The van der Waals surface area contributed by atoms with Gasteiger partial charge in [0.2, 0.25) is 0 Å². The number of aromatic nitrogens is 1. The van der Waals surface area contributed by atoms with Crippen LogP contribution in [0.15, 0.2) is 34.9 Å². The van der Waals surface area contributed by atoms with Crippen LogP contribution in [0.1, 0.15) is 10.5 Å². The monoisotopic (exact) mass is 262 g/mol. The Morgan fingerprint density at radius 2 is 2.32 bits per heavy atom. The van der Waals surface area contributed by atoms with Gasteiger partial charge in [-0.25, -0.2) is 0 Å². The molecule has 1 amide bonds. The molecule has 100 valence electrons. The molecule has 0 aliphatic carbocycles. The van der Waals surface area contributed by atoms with Crippen molar-refractivity contribution in [3.05, 3.63) is 36.0 Å². The smallest absolute Gasteiger partial charge is 0.273 e. The van der Waals surface area contributed by atoms with Crippen molar-refractivity contribution >= 4 is 5.91 Å². The van der Waals surface area contributed by atoms with Gasteiger partial charge in [0.1, 0.15) is 5.75 Å². The Bertz CT molecular complexity index is 565. The van der Waals surface area contributed by atoms with E-state index in [-0.39, 0.29) is 17.4 Å². The SMILES string of the molecule is COCCNC(=O)c1cc(-c2cccc(O)c2)on1. The molecule has 0 bridgehead atoms. The van der Waals surface area contributed by atoms with Gasteiger partial charge in [-0.3, -0.25) is 4.79 Å². The van der Waals surface area contributed by atoms with Gasteiger partial charge in [0.15, 0.2) is 11.5 Å². The fraction of sp³-hybridized carbons (Fsp3) is 0.231. The van der Waals surface area contributed by atoms with Crippen molar-refractivity contribution < 1.29 is 19.2 Å². The van der Waals surface area contributed by atoms with E-state index in [1.807, 2.05) is 0 Å². The molecule has 6 nitrogen and oxygen atoms in total. The zero-order valence-corrected chi connectivity index (χ0v) is 10.4. The lowest BCUT2D eigenvalue weighted by Gasteiger charge is -2.00. The first-order valence-corrected chi connectivity index (χ1v) is 5.74. The standard InChI is InChI=1S/C13H14N2O4/c1-18-6-5-14-13(17)11-8-12(19-15-11)9-3-2-4-10(16)7-9/h2-4,7-8,16H,5-6H2,1H3,(H,14,17). The van der Waals surface area contributed by atoms with Gasteiger partial charge >= 0.3 is 0 Å². The third-order valence-corrected chi connectivity index (χ3v) is 2.47. The summed E-state index contributed by atoms with van der Waals surface area (Å²) in [6.45, 7) is 0.840. The molecule has 0 fully saturated rings. The van der Waals surface area contributed by atoms with Gasteiger partial charge in [-0.1, -0.05) is 17.3 Å². The van der Waals surface area contributed by atoms with Crippen molar-refractivity contribution in [1.29, 1.82) is 0 Å². The van der Waals surface area contributed by atoms with Crippen LogP contribution >= 0.6 is 0 Å². The average Bonchev–Trinajstić information content (AvgIpc) is 2.88. The minimum absolute atomic E-state index is 0.125. The molecule has 2 N–H and O–H groups in total. The molecule has 0 atom stereocenters. The maximum Gasteiger partial charge on any atom is 0.273 e. The summed E-state index contributed by atoms with van der Waals surface area (Å²) in [7, 11) is 1.56. The molecular formula is C13H14N2O4. The van der Waals surface area contributed by atoms with Crippen LogP contribution in [0.5, 0.6) is 5.75 Å². The van der Waals surface area contributed by atoms with Crippen molar-refractivity contribution in [2.75, 3.05) is 20.3 Å². The number of hydrogen-bond acceptors (Lipinski definition) is 5. The fourth-order valence-electron chi connectivity index (χ4n) is 1.53. The summed E-state index contributed by atoms with van der Waals surface area (Å²) in [5.41, 5.74) is 0.845. The number of phenolic OH excluding ortho intramolecular Hbond substituents is 1. The quantitative estimate of drug-likeness (QED) is 0.796. The van der Waals surface area contributed by atoms with Gasteiger partial charge in [0.05, 0.1) is 6.61 Å². The van der Waals surface area contributed by atoms with E-state index in [2.05, 4.69) is 10.5 Å². The zero-order chi connectivity index (χ0) is 13.7. The van der Waals surface area contributed by atoms with E-state index in [1.54, 1.807) is 25.3 Å². The second-order valence-electron chi connectivity index (χ2n) is 3.88. The molecule has 1 aromatic heterocycles. The number of benzene rings is 1. The van der Waals surface area contributed by atoms with E-state index in [0.717, 1.165) is 0 Å². The van der Waals surface area contributed by atoms with Gasteiger partial charge in [-0.15, -0.1) is 0 Å². The molecule has 0 aliphatic rings. The summed E-state index contributed by atoms with van der Waals surface area (Å²) in [4.78, 5) is 11.7. The van der Waals surface area contributed by atoms with Crippen molar-refractivity contribution in [2.24, 2.45) is 0 Å². The Morgan fingerprint density at radius 3 is 3.05 bits per heavy atom. The van der Waals surface area contributed by atoms with E-state index in [4.69, 9.17) is 9.26 Å². The maximum atomic E-state index is 11.7. The minimum Gasteiger partial charge on any atom is -0.508 e. The number of nitrogens with one attached hydrogen (secondary N) is 1. The fourth-order valence-corrected chi connectivity index (χ4v) is 1.53. The molecule has 0 aliphatic heterocycles. The first kappa shape index (κ1) is 13.1. The van der Waals surface area contributed by atoms with Crippen LogP contribution in [-0.4, -0.2) is 36.4 Å². The first-order valence-electron chi connectivity index (χ1n) is 5.74. The molecule has 0 saturated carbocycles. The Morgan fingerprint density at radius 1 is 1.47 bits per heavy atom. The molecular weight excluding hydrogens is 248 g/mol. The van der Waals surface area contributed by atoms with Crippen LogP contribution in [0.3, 0.4) is 0 Å². The van der Waals surface area contributed by atoms with Gasteiger partial charge in [0.25, 0.3) is 5.91 Å². The normalized spacial score (nSPS) is 10.4. The van der Waals surface area contributed by atoms with Crippen LogP contribution in [0.2, 0.25) is 0 Å². The predicted molar refractivity (Wildman–Crippen MR) is 67.8 cm³/mol. The maximum absolute atomic E-state index is 11.7. The third-order valence-electron chi connectivity index (χ3n) is 2.47. The van der Waals surface area contributed by atoms with Crippen molar-refractivity contribution in [1.82, 2.24) is 10.5 Å². The molecule has 1 aromatic carbocycles. The number of ether oxygens (including phenoxy) is 1. The number of phenols is 1. The lowest BCUT2D eigenvalue weighted by molar-refractivity contribution is 0.0928. The molecule has 2 aromatic rings. The number of amides is 1. The van der Waals surface area contributed by atoms with Crippen LogP contribution in [0, 0.1) is 0 Å². The van der Waals surface area contributed by atoms with Crippen LogP contribution in [0.25, 0.3) is 11.3 Å². The highest BCUT2D eigenvalue weighted by atomic mass is 16.5. The lowest BCUT2D eigenvalue weighted by atomic mass is 10.1. The first-order chi connectivity index (χ1) is 9.20. The second-order valence-corrected chi connectivity index (χ2v) is 3.88. The van der Waals surface area contributed by atoms with E-state index in [1.165, 1.54) is 12.1 Å². The van der Waals surface area contributed by atoms with Crippen LogP contribution in [0.4, 0.5) is 0 Å². The summed E-state index contributed by atoms with van der Waals surface area (Å²) < 4.78 is 9.91. The molecule has 0 radical (unpaired) electrons. The Kier molecular flexibility index (Phi) is 4.15. The second kappa shape index (κ2) is 6.01. The summed E-state index contributed by atoms with van der Waals surface area (Å²) in [5, 5.41) is 15.7. The average molecular weight is 262 g/mol. The summed E-state index contributed by atoms with van der Waals surface area (Å²) in [5.74, 6) is 0.222. The van der Waals surface area contributed by atoms with E-state index in [0.29, 0.717) is 24.5 Å². The summed E-state index contributed by atoms with van der Waals surface area (Å²) in [6, 6.07) is 8.06. The number of nitrogens with zero attached hydrogens (tertiary/aromatic N) is 1. The molecule has 0 unspecified atom stereocenters. The molecule has 0 saturated heterocycles. The van der Waals surface area contributed by atoms with Crippen LogP contribution in [-0.2, 0) is 4.74 Å². The van der Waals surface area contributed by atoms with Crippen LogP contribution < -0.4 is 5.32 Å². The summed E-state index contributed by atoms with van der Waals surface area (Å²) >= 11 is 0. The molecule has 2 rings (SSSR count). The summed E-state index contributed by atoms with van der Waals surface area (Å²) in [6.07, 6.45) is 0. The molecule has 0 spiro atoms. The third kappa shape index (κ3) is 3.32. The zero-order valence-electron chi connectivity index (χ0n) is 10.4. The number of carbonyl (C=O) groups excluding carboxylic acids is 1. The Hall–Kier alpha value is -2.34. The number of rotatable bonds is 5. The molecule has 6 heteroatoms. The number of aromatic hydroxyl groups is 1. The largest absolute Gasteiger partial charge is 0.508 e. The van der Waals surface area contributed by atoms with Crippen molar-refractivity contribution in [3.63, 3.8) is 0 Å². The van der Waals surface area contributed by atoms with E-state index < -0.39 is 0 Å². The van der Waals surface area contributed by atoms with Gasteiger partial charge < -0.3 is 19.7 Å². The number of methoxy groups -OCH3 is 1. The van der Waals surface area contributed by atoms with Gasteiger partial charge in [-0.05, 0) is 12.1 Å². The highest BCUT2D eigenvalue weighted by molar-refractivity contribution is 5.93. The van der Waals surface area contributed by atoms with Gasteiger partial charge in [-0.2, -0.15) is 0 Å². The number of hydrogen-bond donors (Lipinski definition) is 2. The Labute approximate surface area is 110 Å². The minimum atomic E-state index is -0.327. The van der Waals surface area contributed by atoms with E-state index >= 15 is 0 Å². The Balaban J connectivity index is 2.08. The molecule has 19 heavy (non-hydrogen) atoms. The topological polar surface area (TPSA) is 84.6 Å². The van der Waals surface area contributed by atoms with Crippen molar-refractivity contribution in [3.8, 4) is 17.1 Å². The molecule has 1 heterocycles. The predicted octanol–water partition coefficient (Wildman–Crippen LogP) is 1.42. The van der Waals surface area contributed by atoms with E-state index in [9.17, 15) is 9.90 Å². The highest BCUT2D eigenvalue weighted by Crippen LogP contribution is 2.23. The number of carbonyl (C=O) groups is 1. The highest BCUT2D eigenvalue weighted by Gasteiger charge is 2.13. The van der Waals surface area contributed by atoms with Crippen molar-refractivity contribution in [2.45, 2.75) is 0 Å². The lowest BCUT2D eigenvalue weighted by Crippen LogP contribution is -2.27. The van der Waals surface area contributed by atoms with Gasteiger partial charge in [0, 0.05) is 25.3 Å².